The molecule has 0 radical (unpaired) electrons. The molecule has 1 saturated heterocycles. The Morgan fingerprint density at radius 3 is 2.55 bits per heavy atom. The molecule has 0 N–H and O–H groups in total. The fraction of sp³-hybridized carbons (Fsp3) is 0.391. The van der Waals surface area contributed by atoms with Crippen molar-refractivity contribution in [3.05, 3.63) is 52.7 Å². The Morgan fingerprint density at radius 1 is 1.16 bits per heavy atom. The maximum atomic E-state index is 12.7. The van der Waals surface area contributed by atoms with Gasteiger partial charge in [0.2, 0.25) is 5.88 Å². The maximum Gasteiger partial charge on any atom is 0.260 e. The summed E-state index contributed by atoms with van der Waals surface area (Å²) in [7, 11) is 1.83. The van der Waals surface area contributed by atoms with E-state index >= 15 is 0 Å². The summed E-state index contributed by atoms with van der Waals surface area (Å²) in [5.74, 6) is 0.421. The zero-order chi connectivity index (χ0) is 22.0. The number of hydrogen-bond donors (Lipinski definition) is 0. The van der Waals surface area contributed by atoms with Crippen LogP contribution >= 0.6 is 0 Å². The molecule has 160 valence electrons. The number of amides is 1. The standard InChI is InChI=1S/C23H26N6O2/c1-16-12-17(2)25-22-21(16)23(26-27(22)3)31-15-20(30)29-10-8-28(9-11-29)14-19-6-4-18(13-24)5-7-19/h4-7,12H,8-11,14-15H2,1-3H3. The van der Waals surface area contributed by atoms with Crippen LogP contribution in [0.5, 0.6) is 5.88 Å². The zero-order valence-electron chi connectivity index (χ0n) is 18.1. The Kier molecular flexibility index (Phi) is 5.87. The molecular weight excluding hydrogens is 392 g/mol. The fourth-order valence-electron chi connectivity index (χ4n) is 3.97. The van der Waals surface area contributed by atoms with Crippen molar-refractivity contribution in [3.63, 3.8) is 0 Å². The van der Waals surface area contributed by atoms with Crippen LogP contribution in [0.1, 0.15) is 22.4 Å². The molecule has 0 aliphatic carbocycles. The van der Waals surface area contributed by atoms with E-state index in [0.29, 0.717) is 24.5 Å². The van der Waals surface area contributed by atoms with Gasteiger partial charge in [-0.05, 0) is 43.2 Å². The first-order chi connectivity index (χ1) is 14.9. The van der Waals surface area contributed by atoms with Gasteiger partial charge in [0.05, 0.1) is 17.0 Å². The van der Waals surface area contributed by atoms with E-state index in [9.17, 15) is 4.79 Å². The number of nitriles is 1. The monoisotopic (exact) mass is 418 g/mol. The Labute approximate surface area is 181 Å². The molecule has 4 rings (SSSR count). The predicted molar refractivity (Wildman–Crippen MR) is 116 cm³/mol. The molecule has 3 aromatic rings. The van der Waals surface area contributed by atoms with Crippen molar-refractivity contribution in [1.82, 2.24) is 24.6 Å². The number of pyridine rings is 1. The van der Waals surface area contributed by atoms with Crippen molar-refractivity contribution in [2.75, 3.05) is 32.8 Å². The molecule has 0 atom stereocenters. The van der Waals surface area contributed by atoms with Crippen LogP contribution in [-0.4, -0.2) is 63.3 Å². The van der Waals surface area contributed by atoms with Crippen molar-refractivity contribution < 1.29 is 9.53 Å². The lowest BCUT2D eigenvalue weighted by Crippen LogP contribution is -2.49. The highest BCUT2D eigenvalue weighted by atomic mass is 16.5. The van der Waals surface area contributed by atoms with Gasteiger partial charge in [-0.25, -0.2) is 9.67 Å². The first kappa shape index (κ1) is 20.8. The third-order valence-electron chi connectivity index (χ3n) is 5.63. The molecule has 1 aliphatic heterocycles. The van der Waals surface area contributed by atoms with Crippen LogP contribution in [0.2, 0.25) is 0 Å². The number of aryl methyl sites for hydroxylation is 3. The van der Waals surface area contributed by atoms with Gasteiger partial charge in [0.15, 0.2) is 12.3 Å². The lowest BCUT2D eigenvalue weighted by atomic mass is 10.1. The summed E-state index contributed by atoms with van der Waals surface area (Å²) in [5, 5.41) is 14.2. The fourth-order valence-corrected chi connectivity index (χ4v) is 3.97. The van der Waals surface area contributed by atoms with Crippen LogP contribution in [0.3, 0.4) is 0 Å². The molecule has 0 saturated carbocycles. The lowest BCUT2D eigenvalue weighted by Gasteiger charge is -2.34. The zero-order valence-corrected chi connectivity index (χ0v) is 18.1. The lowest BCUT2D eigenvalue weighted by molar-refractivity contribution is -0.135. The number of aromatic nitrogens is 3. The smallest absolute Gasteiger partial charge is 0.260 e. The average Bonchev–Trinajstić information content (AvgIpc) is 3.08. The Bertz CT molecular complexity index is 1140. The molecule has 8 heteroatoms. The summed E-state index contributed by atoms with van der Waals surface area (Å²) in [6.45, 7) is 7.68. The molecule has 0 spiro atoms. The van der Waals surface area contributed by atoms with E-state index < -0.39 is 0 Å². The molecule has 1 fully saturated rings. The maximum absolute atomic E-state index is 12.7. The number of rotatable bonds is 5. The molecule has 3 heterocycles. The van der Waals surface area contributed by atoms with Gasteiger partial charge in [-0.3, -0.25) is 9.69 Å². The van der Waals surface area contributed by atoms with E-state index in [1.165, 1.54) is 5.56 Å². The normalized spacial score (nSPS) is 14.6. The van der Waals surface area contributed by atoms with Gasteiger partial charge >= 0.3 is 0 Å². The minimum atomic E-state index is -0.0328. The number of nitrogens with zero attached hydrogens (tertiary/aromatic N) is 6. The molecular formula is C23H26N6O2. The summed E-state index contributed by atoms with van der Waals surface area (Å²) in [6.07, 6.45) is 0. The SMILES string of the molecule is Cc1cc(C)c2c(OCC(=O)N3CCN(Cc4ccc(C#N)cc4)CC3)nn(C)c2n1. The minimum absolute atomic E-state index is 0.0327. The van der Waals surface area contributed by atoms with Crippen molar-refractivity contribution in [1.29, 1.82) is 5.26 Å². The summed E-state index contributed by atoms with van der Waals surface area (Å²) >= 11 is 0. The Balaban J connectivity index is 1.31. The highest BCUT2D eigenvalue weighted by molar-refractivity contribution is 5.85. The van der Waals surface area contributed by atoms with E-state index in [1.807, 2.05) is 56.1 Å². The van der Waals surface area contributed by atoms with Crippen LogP contribution in [0.15, 0.2) is 30.3 Å². The van der Waals surface area contributed by atoms with Crippen LogP contribution in [0, 0.1) is 25.2 Å². The van der Waals surface area contributed by atoms with Crippen molar-refractivity contribution in [3.8, 4) is 11.9 Å². The molecule has 31 heavy (non-hydrogen) atoms. The molecule has 2 aromatic heterocycles. The van der Waals surface area contributed by atoms with Crippen LogP contribution < -0.4 is 4.74 Å². The molecule has 8 nitrogen and oxygen atoms in total. The van der Waals surface area contributed by atoms with Crippen LogP contribution in [-0.2, 0) is 18.4 Å². The summed E-state index contributed by atoms with van der Waals surface area (Å²) < 4.78 is 7.51. The first-order valence-corrected chi connectivity index (χ1v) is 10.4. The topological polar surface area (TPSA) is 87.3 Å². The first-order valence-electron chi connectivity index (χ1n) is 10.4. The summed E-state index contributed by atoms with van der Waals surface area (Å²) in [5.41, 5.74) is 4.56. The van der Waals surface area contributed by atoms with Crippen molar-refractivity contribution in [2.24, 2.45) is 7.05 Å². The van der Waals surface area contributed by atoms with E-state index in [0.717, 1.165) is 41.9 Å². The molecule has 0 bridgehead atoms. The Hall–Kier alpha value is -3.44. The molecule has 1 aromatic carbocycles. The number of piperazine rings is 1. The number of fused-ring (bicyclic) bond motifs is 1. The van der Waals surface area contributed by atoms with Crippen molar-refractivity contribution in [2.45, 2.75) is 20.4 Å². The van der Waals surface area contributed by atoms with Crippen molar-refractivity contribution >= 4 is 16.9 Å². The second-order valence-corrected chi connectivity index (χ2v) is 7.96. The highest BCUT2D eigenvalue weighted by Gasteiger charge is 2.23. The largest absolute Gasteiger partial charge is 0.466 e. The molecule has 0 unspecified atom stereocenters. The third-order valence-corrected chi connectivity index (χ3v) is 5.63. The molecule has 1 aliphatic rings. The second kappa shape index (κ2) is 8.74. The average molecular weight is 419 g/mol. The van der Waals surface area contributed by atoms with Gasteiger partial charge in [0.1, 0.15) is 0 Å². The summed E-state index contributed by atoms with van der Waals surface area (Å²) in [4.78, 5) is 21.4. The number of benzene rings is 1. The van der Waals surface area contributed by atoms with E-state index in [1.54, 1.807) is 4.68 Å². The number of carbonyl (C=O) groups excluding carboxylic acids is 1. The van der Waals surface area contributed by atoms with Crippen LogP contribution in [0.4, 0.5) is 0 Å². The highest BCUT2D eigenvalue weighted by Crippen LogP contribution is 2.27. The third kappa shape index (κ3) is 4.52. The number of hydrogen-bond acceptors (Lipinski definition) is 6. The van der Waals surface area contributed by atoms with E-state index in [2.05, 4.69) is 21.1 Å². The van der Waals surface area contributed by atoms with Gasteiger partial charge in [0.25, 0.3) is 5.91 Å². The number of carbonyl (C=O) groups is 1. The quantitative estimate of drug-likeness (QED) is 0.631. The van der Waals surface area contributed by atoms with E-state index in [4.69, 9.17) is 10.00 Å². The minimum Gasteiger partial charge on any atom is -0.466 e. The van der Waals surface area contributed by atoms with Gasteiger partial charge in [-0.1, -0.05) is 12.1 Å². The van der Waals surface area contributed by atoms with Gasteiger partial charge in [-0.2, -0.15) is 5.26 Å². The van der Waals surface area contributed by atoms with Crippen LogP contribution in [0.25, 0.3) is 11.0 Å². The number of ether oxygens (including phenoxy) is 1. The van der Waals surface area contributed by atoms with E-state index in [-0.39, 0.29) is 12.5 Å². The summed E-state index contributed by atoms with van der Waals surface area (Å²) in [6, 6.07) is 11.8. The van der Waals surface area contributed by atoms with Gasteiger partial charge in [0, 0.05) is 45.5 Å². The second-order valence-electron chi connectivity index (χ2n) is 7.96. The predicted octanol–water partition coefficient (Wildman–Crippen LogP) is 2.18. The Morgan fingerprint density at radius 2 is 1.87 bits per heavy atom. The van der Waals surface area contributed by atoms with Gasteiger partial charge in [-0.15, -0.1) is 5.10 Å². The molecule has 1 amide bonds. The van der Waals surface area contributed by atoms with Gasteiger partial charge < -0.3 is 9.64 Å².